The van der Waals surface area contributed by atoms with Crippen LogP contribution in [0.4, 0.5) is 5.69 Å². The number of aromatic nitrogens is 1. The highest BCUT2D eigenvalue weighted by atomic mass is 35.5. The van der Waals surface area contributed by atoms with Crippen molar-refractivity contribution in [3.05, 3.63) is 105 Å². The van der Waals surface area contributed by atoms with Gasteiger partial charge in [-0.25, -0.2) is 4.98 Å². The fourth-order valence-corrected chi connectivity index (χ4v) is 14.1. The average molecular weight is 772 g/mol. The van der Waals surface area contributed by atoms with Crippen LogP contribution < -0.4 is 31.6 Å². The summed E-state index contributed by atoms with van der Waals surface area (Å²) in [4.78, 5) is 35.5. The van der Waals surface area contributed by atoms with Gasteiger partial charge in [0.15, 0.2) is 5.01 Å². The first kappa shape index (κ1) is 37.7. The van der Waals surface area contributed by atoms with Crippen LogP contribution in [-0.2, 0) is 28.6 Å². The molecule has 4 heterocycles. The Morgan fingerprint density at radius 1 is 0.981 bits per heavy atom. The molecular formula is C41H51ClN6O3SSi. The fraction of sp³-hybridized carbons (Fsp3) is 0.439. The van der Waals surface area contributed by atoms with Gasteiger partial charge in [0.25, 0.3) is 14.2 Å². The van der Waals surface area contributed by atoms with Gasteiger partial charge >= 0.3 is 0 Å². The molecule has 3 aliphatic heterocycles. The molecule has 3 atom stereocenters. The number of piperidine rings is 1. The van der Waals surface area contributed by atoms with Gasteiger partial charge in [-0.2, -0.15) is 0 Å². The Morgan fingerprint density at radius 3 is 2.36 bits per heavy atom. The molecule has 53 heavy (non-hydrogen) atoms. The minimum Gasteiger partial charge on any atom is -0.406 e. The van der Waals surface area contributed by atoms with Crippen molar-refractivity contribution >= 4 is 59.1 Å². The lowest BCUT2D eigenvalue weighted by atomic mass is 9.99. The quantitative estimate of drug-likeness (QED) is 0.166. The van der Waals surface area contributed by atoms with Crippen molar-refractivity contribution in [3.8, 4) is 0 Å². The molecule has 0 radical (unpaired) electrons. The van der Waals surface area contributed by atoms with Gasteiger partial charge in [0, 0.05) is 53.6 Å². The van der Waals surface area contributed by atoms with Crippen LogP contribution in [0.3, 0.4) is 0 Å². The molecule has 0 aliphatic carbocycles. The number of rotatable bonds is 10. The largest absolute Gasteiger partial charge is 0.406 e. The summed E-state index contributed by atoms with van der Waals surface area (Å²) in [6.45, 7) is 14.9. The summed E-state index contributed by atoms with van der Waals surface area (Å²) < 4.78 is 7.37. The van der Waals surface area contributed by atoms with Gasteiger partial charge in [-0.15, -0.1) is 11.3 Å². The Labute approximate surface area is 323 Å². The Hall–Kier alpha value is -3.58. The van der Waals surface area contributed by atoms with Crippen molar-refractivity contribution < 1.29 is 14.0 Å². The summed E-state index contributed by atoms with van der Waals surface area (Å²) in [5, 5.41) is 16.7. The Bertz CT molecular complexity index is 1900. The van der Waals surface area contributed by atoms with Gasteiger partial charge in [0.1, 0.15) is 6.04 Å². The summed E-state index contributed by atoms with van der Waals surface area (Å²) in [5.41, 5.74) is 2.71. The van der Waals surface area contributed by atoms with Crippen molar-refractivity contribution in [2.75, 3.05) is 31.6 Å². The van der Waals surface area contributed by atoms with E-state index >= 15 is 0 Å². The molecule has 4 aromatic rings. The summed E-state index contributed by atoms with van der Waals surface area (Å²) in [5.74, 6) is -0.269. The van der Waals surface area contributed by atoms with E-state index in [1.165, 1.54) is 21.7 Å². The highest BCUT2D eigenvalue weighted by Gasteiger charge is 2.51. The van der Waals surface area contributed by atoms with E-state index in [4.69, 9.17) is 21.0 Å². The molecule has 7 rings (SSSR count). The molecule has 12 heteroatoms. The summed E-state index contributed by atoms with van der Waals surface area (Å²) in [6, 6.07) is 26.4. The summed E-state index contributed by atoms with van der Waals surface area (Å²) in [7, 11) is -2.70. The van der Waals surface area contributed by atoms with Crippen LogP contribution in [0, 0.1) is 0 Å². The number of carbonyl (C=O) groups excluding carboxylic acids is 2. The van der Waals surface area contributed by atoms with E-state index < -0.39 is 8.32 Å². The monoisotopic (exact) mass is 770 g/mol. The van der Waals surface area contributed by atoms with Crippen LogP contribution in [0.25, 0.3) is 0 Å². The lowest BCUT2D eigenvalue weighted by Gasteiger charge is -2.47. The van der Waals surface area contributed by atoms with Crippen molar-refractivity contribution in [2.45, 2.75) is 89.1 Å². The zero-order valence-electron chi connectivity index (χ0n) is 31.3. The number of nitrogens with zero attached hydrogens (tertiary/aromatic N) is 2. The third-order valence-electron chi connectivity index (χ3n) is 11.1. The van der Waals surface area contributed by atoms with E-state index in [2.05, 4.69) is 121 Å². The normalized spacial score (nSPS) is 20.6. The molecule has 3 aromatic carbocycles. The van der Waals surface area contributed by atoms with Crippen LogP contribution in [0.15, 0.2) is 78.9 Å². The molecule has 0 bridgehead atoms. The topological polar surface area (TPSA) is 108 Å². The van der Waals surface area contributed by atoms with Crippen LogP contribution in [-0.4, -0.2) is 79.9 Å². The number of carbonyl (C=O) groups is 2. The van der Waals surface area contributed by atoms with Crippen molar-refractivity contribution in [1.82, 2.24) is 25.8 Å². The predicted molar refractivity (Wildman–Crippen MR) is 217 cm³/mol. The molecule has 1 aromatic heterocycles. The van der Waals surface area contributed by atoms with Gasteiger partial charge < -0.3 is 25.7 Å². The van der Waals surface area contributed by atoms with E-state index in [1.54, 1.807) is 0 Å². The molecule has 0 saturated carbocycles. The van der Waals surface area contributed by atoms with Crippen LogP contribution in [0.5, 0.6) is 0 Å². The lowest BCUT2D eigenvalue weighted by Crippen LogP contribution is -2.68. The Kier molecular flexibility index (Phi) is 10.9. The Morgan fingerprint density at radius 2 is 1.68 bits per heavy atom. The van der Waals surface area contributed by atoms with Gasteiger partial charge in [0.2, 0.25) is 5.91 Å². The number of benzene rings is 3. The lowest BCUT2D eigenvalue weighted by molar-refractivity contribution is -0.122. The van der Waals surface area contributed by atoms with Crippen LogP contribution in [0.2, 0.25) is 10.1 Å². The van der Waals surface area contributed by atoms with Gasteiger partial charge in [-0.3, -0.25) is 14.5 Å². The summed E-state index contributed by atoms with van der Waals surface area (Å²) in [6.07, 6.45) is 2.07. The second kappa shape index (κ2) is 15.3. The smallest absolute Gasteiger partial charge is 0.280 e. The van der Waals surface area contributed by atoms with E-state index in [-0.39, 0.29) is 40.5 Å². The maximum absolute atomic E-state index is 13.7. The average Bonchev–Trinajstić information content (AvgIpc) is 3.77. The molecule has 4 N–H and O–H groups in total. The summed E-state index contributed by atoms with van der Waals surface area (Å²) >= 11 is 7.66. The molecule has 280 valence electrons. The number of hydrogen-bond acceptors (Lipinski definition) is 8. The van der Waals surface area contributed by atoms with Gasteiger partial charge in [-0.1, -0.05) is 93.0 Å². The zero-order valence-corrected chi connectivity index (χ0v) is 33.9. The molecular weight excluding hydrogens is 720 g/mol. The molecule has 9 nitrogen and oxygen atoms in total. The van der Waals surface area contributed by atoms with Crippen molar-refractivity contribution in [3.63, 3.8) is 0 Å². The van der Waals surface area contributed by atoms with Gasteiger partial charge in [-0.05, 0) is 66.0 Å². The van der Waals surface area contributed by atoms with E-state index in [1.807, 2.05) is 18.2 Å². The first-order valence-corrected chi connectivity index (χ1v) is 21.8. The molecule has 3 aliphatic rings. The number of thiazole rings is 1. The number of hydrogen-bond donors (Lipinski definition) is 4. The predicted octanol–water partition coefficient (Wildman–Crippen LogP) is 5.12. The number of halogens is 1. The number of nitrogens with one attached hydrogen (secondary N) is 4. The molecule has 1 fully saturated rings. The SMILES string of the molecule is CC(C)(CO[Si](c1ccccc1)(c1ccccc1)C(C)(C)C)N1CCc2nc(C(=O)N[C@@H]3CNCC[C@@H]3NC(=O)C3Cc4cc(Cl)ccc4N3)sc2C1. The molecule has 1 unspecified atom stereocenters. The highest BCUT2D eigenvalue weighted by Crippen LogP contribution is 2.38. The highest BCUT2D eigenvalue weighted by molar-refractivity contribution is 7.13. The maximum Gasteiger partial charge on any atom is 0.280 e. The first-order chi connectivity index (χ1) is 25.3. The zero-order chi connectivity index (χ0) is 37.4. The maximum atomic E-state index is 13.7. The molecule has 1 saturated heterocycles. The minimum absolute atomic E-state index is 0.0742. The number of fused-ring (bicyclic) bond motifs is 2. The standard InChI is InChI=1S/C41H51ClN6O3SSi/c1-40(2,3)53(29-12-8-6-9-13-29,30-14-10-7-11-15-30)51-26-41(4,5)48-21-19-33-36(25-48)52-39(47-33)38(50)46-35-24-43-20-18-32(35)45-37(49)34-23-27-22-28(42)16-17-31(27)44-34/h6-17,22,32,34-35,43-44H,18-21,23-26H2,1-5H3,(H,45,49)(H,46,50)/t32-,34?,35+/m0/s1. The second-order valence-corrected chi connectivity index (χ2v) is 22.0. The third kappa shape index (κ3) is 7.83. The minimum atomic E-state index is -2.70. The second-order valence-electron chi connectivity index (χ2n) is 16.2. The number of anilines is 1. The van der Waals surface area contributed by atoms with E-state index in [0.29, 0.717) is 36.1 Å². The molecule has 0 spiro atoms. The van der Waals surface area contributed by atoms with E-state index in [9.17, 15) is 9.59 Å². The molecule has 2 amide bonds. The third-order valence-corrected chi connectivity index (χ3v) is 17.4. The van der Waals surface area contributed by atoms with Crippen LogP contribution >= 0.6 is 22.9 Å². The van der Waals surface area contributed by atoms with Crippen LogP contribution in [0.1, 0.15) is 67.0 Å². The fourth-order valence-electron chi connectivity index (χ4n) is 8.13. The van der Waals surface area contributed by atoms with E-state index in [0.717, 1.165) is 47.8 Å². The number of amides is 2. The Balaban J connectivity index is 1.01. The van der Waals surface area contributed by atoms with Gasteiger partial charge in [0.05, 0.1) is 24.4 Å². The van der Waals surface area contributed by atoms with Crippen molar-refractivity contribution in [1.29, 1.82) is 0 Å². The van der Waals surface area contributed by atoms with Crippen molar-refractivity contribution in [2.24, 2.45) is 0 Å². The first-order valence-electron chi connectivity index (χ1n) is 18.7.